The van der Waals surface area contributed by atoms with Gasteiger partial charge in [0.1, 0.15) is 6.10 Å². The highest BCUT2D eigenvalue weighted by atomic mass is 16.3. The average Bonchev–Trinajstić information content (AvgIpc) is 2.16. The van der Waals surface area contributed by atoms with Gasteiger partial charge in [-0.3, -0.25) is 4.79 Å². The summed E-state index contributed by atoms with van der Waals surface area (Å²) >= 11 is 0. The summed E-state index contributed by atoms with van der Waals surface area (Å²) in [5, 5.41) is 9.77. The molecule has 0 radical (unpaired) electrons. The number of hydrogen-bond donors (Lipinski definition) is 2. The first-order chi connectivity index (χ1) is 6.52. The van der Waals surface area contributed by atoms with E-state index in [1.54, 1.807) is 0 Å². The second kappa shape index (κ2) is 5.63. The van der Waals surface area contributed by atoms with E-state index in [4.69, 9.17) is 0 Å². The number of aliphatic hydroxyl groups is 1. The Balaban J connectivity index is 0.00000196. The Morgan fingerprint density at radius 1 is 1.33 bits per heavy atom. The number of quaternary nitrogens is 1. The molecule has 0 aliphatic heterocycles. The Morgan fingerprint density at radius 2 is 1.80 bits per heavy atom. The lowest BCUT2D eigenvalue weighted by molar-refractivity contribution is -0.421. The second-order valence-electron chi connectivity index (χ2n) is 3.57. The Labute approximate surface area is 90.9 Å². The minimum atomic E-state index is -0.798. The molecule has 0 aliphatic rings. The maximum atomic E-state index is 11.0. The van der Waals surface area contributed by atoms with Crippen molar-refractivity contribution in [1.29, 1.82) is 0 Å². The molecule has 1 aromatic carbocycles. The van der Waals surface area contributed by atoms with Gasteiger partial charge in [0.25, 0.3) is 0 Å². The van der Waals surface area contributed by atoms with Gasteiger partial charge in [0, 0.05) is 6.92 Å². The molecule has 0 amide bonds. The highest BCUT2D eigenvalue weighted by Gasteiger charge is 2.24. The molecule has 0 saturated carbocycles. The molecule has 1 rings (SSSR count). The molecule has 0 bridgehead atoms. The lowest BCUT2D eigenvalue weighted by Gasteiger charge is -2.13. The maximum absolute atomic E-state index is 11.0. The summed E-state index contributed by atoms with van der Waals surface area (Å²) in [6.45, 7) is 3.41. The Bertz CT molecular complexity index is 319. The van der Waals surface area contributed by atoms with Crippen LogP contribution in [0.5, 0.6) is 0 Å². The number of benzene rings is 1. The molecule has 4 N–H and O–H groups in total. The van der Waals surface area contributed by atoms with Crippen molar-refractivity contribution in [3.05, 3.63) is 42.8 Å². The molecule has 3 heteroatoms. The second-order valence-corrected chi connectivity index (χ2v) is 3.57. The van der Waals surface area contributed by atoms with Crippen LogP contribution in [-0.2, 0) is 4.79 Å². The van der Waals surface area contributed by atoms with Crippen LogP contribution in [0.4, 0.5) is 0 Å². The molecule has 84 valence electrons. The summed E-state index contributed by atoms with van der Waals surface area (Å²) in [6, 6.07) is 6.87. The molecule has 15 heavy (non-hydrogen) atoms. The third kappa shape index (κ3) is 3.46. The van der Waals surface area contributed by atoms with Crippen LogP contribution in [0.2, 0.25) is 0 Å². The fraction of sp³-hybridized carbons (Fsp3) is 0.333. The topological polar surface area (TPSA) is 64.9 Å². The average molecular weight is 209 g/mol. The lowest BCUT2D eigenvalue weighted by Crippen LogP contribution is -2.67. The van der Waals surface area contributed by atoms with Crippen molar-refractivity contribution < 1.29 is 15.6 Å². The van der Waals surface area contributed by atoms with Crippen LogP contribution >= 0.6 is 0 Å². The predicted octanol–water partition coefficient (Wildman–Crippen LogP) is 0.678. The zero-order valence-corrected chi connectivity index (χ0v) is 9.53. The van der Waals surface area contributed by atoms with Gasteiger partial charge < -0.3 is 18.3 Å². The van der Waals surface area contributed by atoms with Gasteiger partial charge in [-0.15, -0.1) is 0 Å². The molecule has 0 unspecified atom stereocenters. The predicted molar refractivity (Wildman–Crippen MR) is 59.9 cm³/mol. The van der Waals surface area contributed by atoms with Crippen LogP contribution in [0.25, 0.3) is 0 Å². The summed E-state index contributed by atoms with van der Waals surface area (Å²) in [4.78, 5) is 11.0. The first kappa shape index (κ1) is 13.8. The molecule has 0 heterocycles. The summed E-state index contributed by atoms with van der Waals surface area (Å²) in [5.74, 6) is -0.0990. The molecular weight excluding hydrogens is 190 g/mol. The standard InChI is InChI=1S/C11H15NO2.CH3/c1-7-3-5-9(6-4-7)11(14)10(12)8(2)13;/h3-6,10-11,14H,12H2,1-2H3;1H3/q;-1/p+1/t10-,11-;/m1./s1. The molecule has 2 atom stereocenters. The van der Waals surface area contributed by atoms with E-state index in [1.165, 1.54) is 6.92 Å². The van der Waals surface area contributed by atoms with E-state index < -0.39 is 12.1 Å². The molecule has 0 saturated heterocycles. The molecule has 3 nitrogen and oxygen atoms in total. The fourth-order valence-corrected chi connectivity index (χ4v) is 1.22. The van der Waals surface area contributed by atoms with Crippen LogP contribution in [-0.4, -0.2) is 16.9 Å². The first-order valence-electron chi connectivity index (χ1n) is 4.60. The minimum Gasteiger partial charge on any atom is -0.382 e. The minimum absolute atomic E-state index is 0. The van der Waals surface area contributed by atoms with Crippen molar-refractivity contribution in [2.24, 2.45) is 0 Å². The van der Waals surface area contributed by atoms with Crippen LogP contribution in [0.3, 0.4) is 0 Å². The van der Waals surface area contributed by atoms with E-state index in [0.29, 0.717) is 0 Å². The van der Waals surface area contributed by atoms with Gasteiger partial charge in [0.2, 0.25) is 0 Å². The highest BCUT2D eigenvalue weighted by molar-refractivity contribution is 5.80. The van der Waals surface area contributed by atoms with Crippen molar-refractivity contribution in [2.45, 2.75) is 26.0 Å². The zero-order valence-electron chi connectivity index (χ0n) is 9.53. The van der Waals surface area contributed by atoms with Gasteiger partial charge in [0.15, 0.2) is 11.8 Å². The molecular formula is C12H19NO2. The number of carbonyl (C=O) groups is 1. The fourth-order valence-electron chi connectivity index (χ4n) is 1.22. The zero-order chi connectivity index (χ0) is 10.7. The Hall–Kier alpha value is -1.19. The number of Topliss-reactive ketones (excluding diaryl/α,β-unsaturated/α-hetero) is 1. The van der Waals surface area contributed by atoms with Gasteiger partial charge in [0.05, 0.1) is 0 Å². The third-order valence-corrected chi connectivity index (χ3v) is 2.32. The van der Waals surface area contributed by atoms with Crippen LogP contribution in [0.1, 0.15) is 24.2 Å². The van der Waals surface area contributed by atoms with Crippen molar-refractivity contribution in [2.75, 3.05) is 0 Å². The maximum Gasteiger partial charge on any atom is 0.189 e. The molecule has 0 fully saturated rings. The van der Waals surface area contributed by atoms with Crippen LogP contribution in [0, 0.1) is 14.4 Å². The van der Waals surface area contributed by atoms with Crippen molar-refractivity contribution in [3.63, 3.8) is 0 Å². The van der Waals surface area contributed by atoms with E-state index in [0.717, 1.165) is 11.1 Å². The summed E-state index contributed by atoms with van der Waals surface area (Å²) in [5.41, 5.74) is 5.51. The Kier molecular flexibility index (Phi) is 5.19. The molecule has 0 aliphatic carbocycles. The molecule has 0 spiro atoms. The molecule has 1 aromatic rings. The number of aliphatic hydroxyl groups excluding tert-OH is 1. The Morgan fingerprint density at radius 3 is 2.20 bits per heavy atom. The van der Waals surface area contributed by atoms with Gasteiger partial charge in [-0.05, 0) is 12.5 Å². The summed E-state index contributed by atoms with van der Waals surface area (Å²) in [7, 11) is 0. The van der Waals surface area contributed by atoms with Crippen molar-refractivity contribution in [3.8, 4) is 0 Å². The van der Waals surface area contributed by atoms with Crippen LogP contribution in [0.15, 0.2) is 24.3 Å². The van der Waals surface area contributed by atoms with Gasteiger partial charge in [-0.1, -0.05) is 29.8 Å². The van der Waals surface area contributed by atoms with Crippen LogP contribution < -0.4 is 5.73 Å². The monoisotopic (exact) mass is 209 g/mol. The SMILES string of the molecule is CC(=O)[C@@H]([NH3+])[C@H](O)c1ccc(C)cc1.[CH3-]. The summed E-state index contributed by atoms with van der Waals surface area (Å²) in [6.07, 6.45) is -0.798. The number of carbonyl (C=O) groups excluding carboxylic acids is 1. The summed E-state index contributed by atoms with van der Waals surface area (Å²) < 4.78 is 0. The normalized spacial score (nSPS) is 13.9. The van der Waals surface area contributed by atoms with E-state index >= 15 is 0 Å². The van der Waals surface area contributed by atoms with E-state index in [2.05, 4.69) is 5.73 Å². The number of rotatable bonds is 3. The molecule has 0 aromatic heterocycles. The van der Waals surface area contributed by atoms with Gasteiger partial charge >= 0.3 is 0 Å². The number of hydrogen-bond acceptors (Lipinski definition) is 2. The van der Waals surface area contributed by atoms with Crippen molar-refractivity contribution >= 4 is 5.78 Å². The lowest BCUT2D eigenvalue weighted by atomic mass is 9.99. The largest absolute Gasteiger partial charge is 0.382 e. The number of aryl methyl sites for hydroxylation is 1. The van der Waals surface area contributed by atoms with E-state index in [9.17, 15) is 9.90 Å². The van der Waals surface area contributed by atoms with Gasteiger partial charge in [-0.2, -0.15) is 0 Å². The third-order valence-electron chi connectivity index (χ3n) is 2.32. The first-order valence-corrected chi connectivity index (χ1v) is 4.60. The van der Waals surface area contributed by atoms with E-state index in [1.807, 2.05) is 31.2 Å². The quantitative estimate of drug-likeness (QED) is 0.719. The van der Waals surface area contributed by atoms with Crippen molar-refractivity contribution in [1.82, 2.24) is 0 Å². The number of ketones is 1. The smallest absolute Gasteiger partial charge is 0.189 e. The van der Waals surface area contributed by atoms with E-state index in [-0.39, 0.29) is 13.2 Å². The highest BCUT2D eigenvalue weighted by Crippen LogP contribution is 2.15. The van der Waals surface area contributed by atoms with Gasteiger partial charge in [-0.25, -0.2) is 0 Å².